The van der Waals surface area contributed by atoms with Crippen LogP contribution in [-0.2, 0) is 4.79 Å². The Labute approximate surface area is 120 Å². The van der Waals surface area contributed by atoms with Crippen LogP contribution in [0.3, 0.4) is 0 Å². The third-order valence-corrected chi connectivity index (χ3v) is 3.06. The summed E-state index contributed by atoms with van der Waals surface area (Å²) in [6.45, 7) is 6.75. The van der Waals surface area contributed by atoms with E-state index >= 15 is 0 Å². The van der Waals surface area contributed by atoms with E-state index in [1.165, 1.54) is 0 Å². The van der Waals surface area contributed by atoms with E-state index in [0.717, 1.165) is 16.9 Å². The van der Waals surface area contributed by atoms with Gasteiger partial charge in [-0.3, -0.25) is 9.69 Å². The molecular formula is C14H22ClNO3. The summed E-state index contributed by atoms with van der Waals surface area (Å²) >= 11 is 0. The van der Waals surface area contributed by atoms with Crippen molar-refractivity contribution in [1.29, 1.82) is 0 Å². The van der Waals surface area contributed by atoms with Gasteiger partial charge in [-0.05, 0) is 45.0 Å². The number of carboxylic acids is 1. The summed E-state index contributed by atoms with van der Waals surface area (Å²) in [5.74, 6) is 0.0515. The van der Waals surface area contributed by atoms with Crippen LogP contribution in [0.2, 0.25) is 0 Å². The van der Waals surface area contributed by atoms with Gasteiger partial charge in [-0.1, -0.05) is 12.1 Å². The standard InChI is InChI=1S/C14H21NO3.ClH/c1-10-5-6-11(2)13(9-10)18-8-7-15(4)12(3)14(16)17;/h5-6,9,12H,7-8H2,1-4H3,(H,16,17);1H. The topological polar surface area (TPSA) is 49.8 Å². The minimum absolute atomic E-state index is 0. The maximum absolute atomic E-state index is 10.8. The minimum atomic E-state index is -0.816. The number of halogens is 1. The van der Waals surface area contributed by atoms with Crippen LogP contribution in [0.15, 0.2) is 18.2 Å². The third-order valence-electron chi connectivity index (χ3n) is 3.06. The van der Waals surface area contributed by atoms with Crippen molar-refractivity contribution >= 4 is 18.4 Å². The number of carbonyl (C=O) groups is 1. The van der Waals surface area contributed by atoms with Gasteiger partial charge in [0.25, 0.3) is 0 Å². The SMILES string of the molecule is Cc1ccc(C)c(OCCN(C)C(C)C(=O)O)c1.Cl. The first-order valence-corrected chi connectivity index (χ1v) is 6.05. The van der Waals surface area contributed by atoms with E-state index in [1.54, 1.807) is 18.9 Å². The van der Waals surface area contributed by atoms with E-state index in [1.807, 2.05) is 32.0 Å². The molecule has 0 fully saturated rings. The molecule has 0 heterocycles. The number of hydrogen-bond acceptors (Lipinski definition) is 3. The van der Waals surface area contributed by atoms with Gasteiger partial charge in [-0.15, -0.1) is 12.4 Å². The largest absolute Gasteiger partial charge is 0.492 e. The molecule has 0 aliphatic heterocycles. The zero-order valence-corrected chi connectivity index (χ0v) is 12.7. The smallest absolute Gasteiger partial charge is 0.320 e. The Morgan fingerprint density at radius 3 is 2.63 bits per heavy atom. The molecule has 0 bridgehead atoms. The summed E-state index contributed by atoms with van der Waals surface area (Å²) in [5.41, 5.74) is 2.25. The average Bonchev–Trinajstić information content (AvgIpc) is 2.32. The summed E-state index contributed by atoms with van der Waals surface area (Å²) < 4.78 is 5.68. The molecule has 0 saturated heterocycles. The molecule has 1 unspecified atom stereocenters. The summed E-state index contributed by atoms with van der Waals surface area (Å²) in [6.07, 6.45) is 0. The van der Waals surface area contributed by atoms with Gasteiger partial charge >= 0.3 is 5.97 Å². The molecule has 0 amide bonds. The van der Waals surface area contributed by atoms with Crippen molar-refractivity contribution in [3.8, 4) is 5.75 Å². The number of nitrogens with zero attached hydrogens (tertiary/aromatic N) is 1. The van der Waals surface area contributed by atoms with Gasteiger partial charge in [-0.25, -0.2) is 0 Å². The molecule has 19 heavy (non-hydrogen) atoms. The van der Waals surface area contributed by atoms with Crippen LogP contribution in [0.5, 0.6) is 5.75 Å². The Morgan fingerprint density at radius 1 is 1.42 bits per heavy atom. The number of likely N-dealkylation sites (N-methyl/N-ethyl adjacent to an activating group) is 1. The Morgan fingerprint density at radius 2 is 2.05 bits per heavy atom. The normalized spacial score (nSPS) is 11.8. The van der Waals surface area contributed by atoms with Crippen LogP contribution in [-0.4, -0.2) is 42.2 Å². The van der Waals surface area contributed by atoms with Gasteiger partial charge in [-0.2, -0.15) is 0 Å². The van der Waals surface area contributed by atoms with Crippen LogP contribution >= 0.6 is 12.4 Å². The fraction of sp³-hybridized carbons (Fsp3) is 0.500. The Balaban J connectivity index is 0.00000324. The first kappa shape index (κ1) is 17.7. The maximum Gasteiger partial charge on any atom is 0.320 e. The first-order chi connectivity index (χ1) is 8.41. The number of benzene rings is 1. The van der Waals surface area contributed by atoms with Crippen molar-refractivity contribution in [2.75, 3.05) is 20.2 Å². The fourth-order valence-electron chi connectivity index (χ4n) is 1.54. The molecule has 0 aliphatic carbocycles. The minimum Gasteiger partial charge on any atom is -0.492 e. The maximum atomic E-state index is 10.8. The Hall–Kier alpha value is -1.26. The Kier molecular flexibility index (Phi) is 7.49. The van der Waals surface area contributed by atoms with Gasteiger partial charge in [0.15, 0.2) is 0 Å². The fourth-order valence-corrected chi connectivity index (χ4v) is 1.54. The highest BCUT2D eigenvalue weighted by molar-refractivity contribution is 5.85. The van der Waals surface area contributed by atoms with Gasteiger partial charge in [0.05, 0.1) is 0 Å². The van der Waals surface area contributed by atoms with Crippen LogP contribution in [0.1, 0.15) is 18.1 Å². The number of aryl methyl sites for hydroxylation is 2. The van der Waals surface area contributed by atoms with Gasteiger partial charge in [0, 0.05) is 6.54 Å². The van der Waals surface area contributed by atoms with E-state index in [9.17, 15) is 4.79 Å². The first-order valence-electron chi connectivity index (χ1n) is 6.05. The average molecular weight is 288 g/mol. The second-order valence-electron chi connectivity index (χ2n) is 4.61. The molecule has 1 aromatic rings. The highest BCUT2D eigenvalue weighted by atomic mass is 35.5. The zero-order valence-electron chi connectivity index (χ0n) is 11.8. The van der Waals surface area contributed by atoms with Crippen molar-refractivity contribution in [3.63, 3.8) is 0 Å². The van der Waals surface area contributed by atoms with Crippen molar-refractivity contribution in [1.82, 2.24) is 4.90 Å². The van der Waals surface area contributed by atoms with Crippen molar-refractivity contribution in [2.24, 2.45) is 0 Å². The van der Waals surface area contributed by atoms with E-state index in [-0.39, 0.29) is 12.4 Å². The quantitative estimate of drug-likeness (QED) is 0.873. The number of carboxylic acid groups (broad SMARTS) is 1. The molecule has 0 aliphatic rings. The molecule has 0 aromatic heterocycles. The molecule has 108 valence electrons. The molecule has 0 radical (unpaired) electrons. The zero-order chi connectivity index (χ0) is 13.7. The van der Waals surface area contributed by atoms with Crippen molar-refractivity contribution < 1.29 is 14.6 Å². The summed E-state index contributed by atoms with van der Waals surface area (Å²) in [4.78, 5) is 12.5. The van der Waals surface area contributed by atoms with Gasteiger partial charge in [0.2, 0.25) is 0 Å². The highest BCUT2D eigenvalue weighted by Gasteiger charge is 2.16. The lowest BCUT2D eigenvalue weighted by molar-refractivity contribution is -0.142. The second kappa shape index (κ2) is 8.02. The van der Waals surface area contributed by atoms with Gasteiger partial charge in [0.1, 0.15) is 18.4 Å². The monoisotopic (exact) mass is 287 g/mol. The number of ether oxygens (including phenoxy) is 1. The van der Waals surface area contributed by atoms with Crippen LogP contribution < -0.4 is 4.74 Å². The van der Waals surface area contributed by atoms with E-state index < -0.39 is 12.0 Å². The molecule has 0 spiro atoms. The number of hydrogen-bond donors (Lipinski definition) is 1. The predicted octanol–water partition coefficient (Wildman–Crippen LogP) is 2.51. The lowest BCUT2D eigenvalue weighted by Crippen LogP contribution is -2.38. The summed E-state index contributed by atoms with van der Waals surface area (Å²) in [7, 11) is 1.78. The molecule has 1 atom stereocenters. The predicted molar refractivity (Wildman–Crippen MR) is 78.4 cm³/mol. The summed E-state index contributed by atoms with van der Waals surface area (Å²) in [6, 6.07) is 5.57. The molecular weight excluding hydrogens is 266 g/mol. The van der Waals surface area contributed by atoms with E-state index in [2.05, 4.69) is 0 Å². The number of aliphatic carboxylic acids is 1. The molecule has 5 heteroatoms. The summed E-state index contributed by atoms with van der Waals surface area (Å²) in [5, 5.41) is 8.87. The van der Waals surface area contributed by atoms with Crippen LogP contribution in [0.25, 0.3) is 0 Å². The molecule has 1 rings (SSSR count). The Bertz CT molecular complexity index is 423. The van der Waals surface area contributed by atoms with E-state index in [0.29, 0.717) is 13.2 Å². The van der Waals surface area contributed by atoms with Gasteiger partial charge < -0.3 is 9.84 Å². The van der Waals surface area contributed by atoms with E-state index in [4.69, 9.17) is 9.84 Å². The second-order valence-corrected chi connectivity index (χ2v) is 4.61. The van der Waals surface area contributed by atoms with Crippen LogP contribution in [0.4, 0.5) is 0 Å². The lowest BCUT2D eigenvalue weighted by atomic mass is 10.1. The van der Waals surface area contributed by atoms with Crippen molar-refractivity contribution in [2.45, 2.75) is 26.8 Å². The number of rotatable bonds is 6. The molecule has 0 saturated carbocycles. The van der Waals surface area contributed by atoms with Crippen LogP contribution in [0, 0.1) is 13.8 Å². The lowest BCUT2D eigenvalue weighted by Gasteiger charge is -2.21. The molecule has 1 N–H and O–H groups in total. The molecule has 4 nitrogen and oxygen atoms in total. The molecule has 1 aromatic carbocycles. The van der Waals surface area contributed by atoms with Crippen molar-refractivity contribution in [3.05, 3.63) is 29.3 Å². The third kappa shape index (κ3) is 5.49. The highest BCUT2D eigenvalue weighted by Crippen LogP contribution is 2.18.